The molecule has 0 saturated carbocycles. The molecule has 0 N–H and O–H groups in total. The number of carbonyl (C=O) groups excluding carboxylic acids is 1. The fraction of sp³-hybridized carbons (Fsp3) is 0.400. The van der Waals surface area contributed by atoms with Crippen LogP contribution in [-0.2, 0) is 6.54 Å². The summed E-state index contributed by atoms with van der Waals surface area (Å²) in [5, 5.41) is 0. The fourth-order valence-electron chi connectivity index (χ4n) is 1.15. The van der Waals surface area contributed by atoms with E-state index in [0.29, 0.717) is 12.8 Å². The summed E-state index contributed by atoms with van der Waals surface area (Å²) in [6, 6.07) is 3.26. The van der Waals surface area contributed by atoms with E-state index in [1.54, 1.807) is 16.8 Å². The van der Waals surface area contributed by atoms with Gasteiger partial charge in [0, 0.05) is 12.7 Å². The van der Waals surface area contributed by atoms with Crippen LogP contribution in [0, 0.1) is 0 Å². The van der Waals surface area contributed by atoms with E-state index in [2.05, 4.69) is 6.92 Å². The minimum Gasteiger partial charge on any atom is -0.315 e. The highest BCUT2D eigenvalue weighted by atomic mass is 16.1. The van der Waals surface area contributed by atoms with Crippen molar-refractivity contribution in [2.75, 3.05) is 0 Å². The zero-order chi connectivity index (χ0) is 9.68. The van der Waals surface area contributed by atoms with Crippen molar-refractivity contribution >= 4 is 6.29 Å². The van der Waals surface area contributed by atoms with E-state index < -0.39 is 0 Å². The molecule has 0 saturated heterocycles. The van der Waals surface area contributed by atoms with Gasteiger partial charge in [-0.2, -0.15) is 0 Å². The molecule has 70 valence electrons. The molecule has 0 amide bonds. The van der Waals surface area contributed by atoms with Gasteiger partial charge < -0.3 is 4.57 Å². The van der Waals surface area contributed by atoms with Crippen molar-refractivity contribution in [3.63, 3.8) is 0 Å². The molecule has 1 heterocycles. The van der Waals surface area contributed by atoms with E-state index in [1.807, 2.05) is 0 Å². The molecule has 0 aliphatic rings. The highest BCUT2D eigenvalue weighted by Gasteiger charge is 1.99. The summed E-state index contributed by atoms with van der Waals surface area (Å²) in [6.45, 7) is 2.76. The Balaban J connectivity index is 2.95. The van der Waals surface area contributed by atoms with Gasteiger partial charge >= 0.3 is 0 Å². The van der Waals surface area contributed by atoms with Crippen molar-refractivity contribution in [1.82, 2.24) is 4.57 Å². The molecule has 0 aliphatic heterocycles. The first kappa shape index (κ1) is 9.71. The third-order valence-corrected chi connectivity index (χ3v) is 1.93. The number of aromatic nitrogens is 1. The van der Waals surface area contributed by atoms with Crippen LogP contribution in [0.2, 0.25) is 0 Å². The first-order valence-corrected chi connectivity index (χ1v) is 4.44. The Labute approximate surface area is 77.0 Å². The molecule has 1 aromatic heterocycles. The molecule has 0 spiro atoms. The monoisotopic (exact) mass is 179 g/mol. The Bertz CT molecular complexity index is 341. The number of aryl methyl sites for hydroxylation is 1. The SMILES string of the molecule is CCCCn1cccc(C=O)c1=O. The lowest BCUT2D eigenvalue weighted by atomic mass is 10.3. The van der Waals surface area contributed by atoms with E-state index in [1.165, 1.54) is 6.07 Å². The van der Waals surface area contributed by atoms with Crippen LogP contribution >= 0.6 is 0 Å². The van der Waals surface area contributed by atoms with E-state index in [-0.39, 0.29) is 11.1 Å². The lowest BCUT2D eigenvalue weighted by Gasteiger charge is -2.03. The second kappa shape index (κ2) is 4.60. The summed E-state index contributed by atoms with van der Waals surface area (Å²) >= 11 is 0. The van der Waals surface area contributed by atoms with E-state index in [9.17, 15) is 9.59 Å². The molecule has 3 nitrogen and oxygen atoms in total. The quantitative estimate of drug-likeness (QED) is 0.656. The first-order chi connectivity index (χ1) is 6.29. The molecule has 1 rings (SSSR count). The predicted molar refractivity (Wildman–Crippen MR) is 51.0 cm³/mol. The Morgan fingerprint density at radius 2 is 2.31 bits per heavy atom. The largest absolute Gasteiger partial charge is 0.315 e. The Morgan fingerprint density at radius 1 is 1.54 bits per heavy atom. The third-order valence-electron chi connectivity index (χ3n) is 1.93. The summed E-state index contributed by atoms with van der Waals surface area (Å²) in [5.41, 5.74) is 0.0459. The van der Waals surface area contributed by atoms with Crippen molar-refractivity contribution in [2.45, 2.75) is 26.3 Å². The van der Waals surface area contributed by atoms with Crippen LogP contribution < -0.4 is 5.56 Å². The highest BCUT2D eigenvalue weighted by molar-refractivity contribution is 5.73. The van der Waals surface area contributed by atoms with Crippen molar-refractivity contribution < 1.29 is 4.79 Å². The summed E-state index contributed by atoms with van der Waals surface area (Å²) in [5.74, 6) is 0. The van der Waals surface area contributed by atoms with Gasteiger partial charge in [0.2, 0.25) is 0 Å². The molecule has 0 aromatic carbocycles. The van der Waals surface area contributed by atoms with Gasteiger partial charge in [0.15, 0.2) is 6.29 Å². The van der Waals surface area contributed by atoms with Crippen LogP contribution in [0.3, 0.4) is 0 Å². The molecule has 0 fully saturated rings. The van der Waals surface area contributed by atoms with Crippen LogP contribution in [0.4, 0.5) is 0 Å². The number of nitrogens with zero attached hydrogens (tertiary/aromatic N) is 1. The number of hydrogen-bond acceptors (Lipinski definition) is 2. The number of unbranched alkanes of at least 4 members (excludes halogenated alkanes) is 1. The van der Waals surface area contributed by atoms with Gasteiger partial charge in [-0.15, -0.1) is 0 Å². The lowest BCUT2D eigenvalue weighted by Crippen LogP contribution is -2.22. The molecule has 1 aromatic rings. The highest BCUT2D eigenvalue weighted by Crippen LogP contribution is 1.93. The minimum absolute atomic E-state index is 0.189. The summed E-state index contributed by atoms with van der Waals surface area (Å²) < 4.78 is 1.58. The average Bonchev–Trinajstić information content (AvgIpc) is 2.16. The average molecular weight is 179 g/mol. The van der Waals surface area contributed by atoms with Gasteiger partial charge in [0.1, 0.15) is 0 Å². The maximum atomic E-state index is 11.4. The van der Waals surface area contributed by atoms with Crippen molar-refractivity contribution in [3.8, 4) is 0 Å². The maximum absolute atomic E-state index is 11.4. The molecular weight excluding hydrogens is 166 g/mol. The van der Waals surface area contributed by atoms with Crippen LogP contribution in [0.15, 0.2) is 23.1 Å². The lowest BCUT2D eigenvalue weighted by molar-refractivity contribution is 0.112. The van der Waals surface area contributed by atoms with Crippen molar-refractivity contribution in [1.29, 1.82) is 0 Å². The molecular formula is C10H13NO2. The van der Waals surface area contributed by atoms with Crippen LogP contribution in [0.25, 0.3) is 0 Å². The van der Waals surface area contributed by atoms with Crippen molar-refractivity contribution in [2.24, 2.45) is 0 Å². The Hall–Kier alpha value is -1.38. The predicted octanol–water partition coefficient (Wildman–Crippen LogP) is 1.46. The van der Waals surface area contributed by atoms with Gasteiger partial charge in [-0.3, -0.25) is 9.59 Å². The standard InChI is InChI=1S/C10H13NO2/c1-2-3-6-11-7-4-5-9(8-12)10(11)13/h4-5,7-8H,2-3,6H2,1H3. The van der Waals surface area contributed by atoms with Crippen LogP contribution in [0.1, 0.15) is 30.1 Å². The Morgan fingerprint density at radius 3 is 2.92 bits per heavy atom. The summed E-state index contributed by atoms with van der Waals surface area (Å²) in [6.07, 6.45) is 4.32. The normalized spacial score (nSPS) is 9.92. The summed E-state index contributed by atoms with van der Waals surface area (Å²) in [4.78, 5) is 21.9. The van der Waals surface area contributed by atoms with Gasteiger partial charge in [-0.1, -0.05) is 13.3 Å². The second-order valence-corrected chi connectivity index (χ2v) is 2.93. The van der Waals surface area contributed by atoms with Crippen molar-refractivity contribution in [3.05, 3.63) is 34.2 Å². The van der Waals surface area contributed by atoms with E-state index in [0.717, 1.165) is 12.8 Å². The molecule has 0 aliphatic carbocycles. The summed E-state index contributed by atoms with van der Waals surface area (Å²) in [7, 11) is 0. The maximum Gasteiger partial charge on any atom is 0.261 e. The Kier molecular flexibility index (Phi) is 3.43. The van der Waals surface area contributed by atoms with Gasteiger partial charge in [0.05, 0.1) is 5.56 Å². The fourth-order valence-corrected chi connectivity index (χ4v) is 1.15. The first-order valence-electron chi connectivity index (χ1n) is 4.44. The number of hydrogen-bond donors (Lipinski definition) is 0. The topological polar surface area (TPSA) is 39.1 Å². The molecule has 0 bridgehead atoms. The molecule has 0 atom stereocenters. The van der Waals surface area contributed by atoms with Gasteiger partial charge in [-0.25, -0.2) is 0 Å². The number of aldehydes is 1. The third kappa shape index (κ3) is 2.28. The number of carbonyl (C=O) groups is 1. The van der Waals surface area contributed by atoms with E-state index in [4.69, 9.17) is 0 Å². The molecule has 13 heavy (non-hydrogen) atoms. The second-order valence-electron chi connectivity index (χ2n) is 2.93. The van der Waals surface area contributed by atoms with Crippen LogP contribution in [-0.4, -0.2) is 10.9 Å². The van der Waals surface area contributed by atoms with Crippen LogP contribution in [0.5, 0.6) is 0 Å². The minimum atomic E-state index is -0.189. The molecule has 0 unspecified atom stereocenters. The zero-order valence-electron chi connectivity index (χ0n) is 7.69. The van der Waals surface area contributed by atoms with Gasteiger partial charge in [-0.05, 0) is 18.6 Å². The zero-order valence-corrected chi connectivity index (χ0v) is 7.69. The number of rotatable bonds is 4. The smallest absolute Gasteiger partial charge is 0.261 e. The number of pyridine rings is 1. The molecule has 3 heteroatoms. The van der Waals surface area contributed by atoms with Gasteiger partial charge in [0.25, 0.3) is 5.56 Å². The van der Waals surface area contributed by atoms with E-state index >= 15 is 0 Å². The molecule has 0 radical (unpaired) electrons.